The van der Waals surface area contributed by atoms with Gasteiger partial charge in [-0.3, -0.25) is 9.69 Å². The van der Waals surface area contributed by atoms with Gasteiger partial charge in [-0.05, 0) is 90.6 Å². The summed E-state index contributed by atoms with van der Waals surface area (Å²) < 4.78 is 0. The molecule has 0 aromatic heterocycles. The number of carboxylic acid groups (broad SMARTS) is 1. The Bertz CT molecular complexity index is 1210. The van der Waals surface area contributed by atoms with Crippen molar-refractivity contribution in [3.8, 4) is 11.1 Å². The summed E-state index contributed by atoms with van der Waals surface area (Å²) in [5.41, 5.74) is 5.99. The van der Waals surface area contributed by atoms with Crippen LogP contribution in [0.5, 0.6) is 0 Å². The maximum Gasteiger partial charge on any atom is 0.326 e. The number of hydrogen-bond donors (Lipinski definition) is 2. The Morgan fingerprint density at radius 1 is 1.03 bits per heavy atom. The summed E-state index contributed by atoms with van der Waals surface area (Å²) >= 11 is 1.57. The minimum absolute atomic E-state index is 0.345. The van der Waals surface area contributed by atoms with Crippen molar-refractivity contribution < 1.29 is 14.7 Å². The molecule has 0 radical (unpaired) electrons. The molecule has 1 aliphatic heterocycles. The van der Waals surface area contributed by atoms with Crippen molar-refractivity contribution in [1.29, 1.82) is 0 Å². The average Bonchev–Trinajstić information content (AvgIpc) is 3.33. The van der Waals surface area contributed by atoms with E-state index < -0.39 is 12.0 Å². The first-order chi connectivity index (χ1) is 17.9. The van der Waals surface area contributed by atoms with Gasteiger partial charge >= 0.3 is 5.97 Å². The van der Waals surface area contributed by atoms with Crippen LogP contribution in [0, 0.1) is 12.8 Å². The summed E-state index contributed by atoms with van der Waals surface area (Å²) in [6.45, 7) is 5.00. The fraction of sp³-hybridized carbons (Fsp3) is 0.355. The molecule has 0 saturated carbocycles. The molecular weight excluding hydrogens is 480 g/mol. The molecular formula is C31H36N2O3S. The lowest BCUT2D eigenvalue weighted by atomic mass is 9.93. The molecule has 1 fully saturated rings. The number of rotatable bonds is 11. The van der Waals surface area contributed by atoms with Crippen LogP contribution in [0.15, 0.2) is 72.8 Å². The number of nitrogens with zero attached hydrogens (tertiary/aromatic N) is 1. The number of aliphatic carboxylic acids is 1. The van der Waals surface area contributed by atoms with Crippen molar-refractivity contribution in [1.82, 2.24) is 10.2 Å². The lowest BCUT2D eigenvalue weighted by Gasteiger charge is -2.20. The monoisotopic (exact) mass is 516 g/mol. The Hall–Kier alpha value is -3.09. The number of nitrogens with one attached hydrogen (secondary N) is 1. The van der Waals surface area contributed by atoms with Crippen LogP contribution in [0.3, 0.4) is 0 Å². The molecule has 1 aliphatic rings. The van der Waals surface area contributed by atoms with Crippen molar-refractivity contribution >= 4 is 23.6 Å². The van der Waals surface area contributed by atoms with Crippen molar-refractivity contribution in [2.75, 3.05) is 25.1 Å². The Kier molecular flexibility index (Phi) is 9.42. The number of carbonyl (C=O) groups is 2. The summed E-state index contributed by atoms with van der Waals surface area (Å²) in [6, 6.07) is 23.8. The van der Waals surface area contributed by atoms with E-state index >= 15 is 0 Å². The largest absolute Gasteiger partial charge is 0.480 e. The van der Waals surface area contributed by atoms with Crippen molar-refractivity contribution in [3.63, 3.8) is 0 Å². The van der Waals surface area contributed by atoms with Crippen LogP contribution >= 0.6 is 11.8 Å². The van der Waals surface area contributed by atoms with Gasteiger partial charge in [0.05, 0.1) is 0 Å². The van der Waals surface area contributed by atoms with E-state index in [1.807, 2.05) is 49.6 Å². The van der Waals surface area contributed by atoms with Gasteiger partial charge in [-0.25, -0.2) is 4.79 Å². The van der Waals surface area contributed by atoms with Crippen molar-refractivity contribution in [2.45, 2.75) is 38.8 Å². The van der Waals surface area contributed by atoms with Gasteiger partial charge in [0.2, 0.25) is 0 Å². The summed E-state index contributed by atoms with van der Waals surface area (Å²) in [4.78, 5) is 27.5. The maximum absolute atomic E-state index is 13.3. The number of thioether (sulfide) groups is 1. The van der Waals surface area contributed by atoms with Gasteiger partial charge < -0.3 is 10.4 Å². The normalized spacial score (nSPS) is 16.4. The second-order valence-electron chi connectivity index (χ2n) is 9.92. The van der Waals surface area contributed by atoms with E-state index in [9.17, 15) is 14.7 Å². The zero-order valence-electron chi connectivity index (χ0n) is 21.7. The summed E-state index contributed by atoms with van der Waals surface area (Å²) in [6.07, 6.45) is 4.61. The molecule has 3 aromatic carbocycles. The zero-order valence-corrected chi connectivity index (χ0v) is 22.5. The molecule has 0 aliphatic carbocycles. The predicted octanol–water partition coefficient (Wildman–Crippen LogP) is 5.66. The van der Waals surface area contributed by atoms with Gasteiger partial charge in [0.15, 0.2) is 0 Å². The molecule has 0 bridgehead atoms. The third kappa shape index (κ3) is 7.24. The van der Waals surface area contributed by atoms with E-state index in [1.165, 1.54) is 12.0 Å². The molecule has 2 unspecified atom stereocenters. The fourth-order valence-electron chi connectivity index (χ4n) is 5.14. The molecule has 4 rings (SSSR count). The SMILES string of the molecule is CSCCC(NC(=O)c1ccc(CN2CCC(Cc3ccccc3)C2)cc1-c1ccccc1C)C(=O)O. The van der Waals surface area contributed by atoms with Crippen LogP contribution in [-0.4, -0.2) is 53.0 Å². The van der Waals surface area contributed by atoms with Crippen LogP contribution in [0.2, 0.25) is 0 Å². The minimum Gasteiger partial charge on any atom is -0.480 e. The van der Waals surface area contributed by atoms with Crippen molar-refractivity contribution in [3.05, 3.63) is 95.1 Å². The standard InChI is InChI=1S/C31H36N2O3S/c1-22-8-6-7-11-26(22)28-19-24(12-13-27(28)30(34)32-29(31(35)36)15-17-37-2)20-33-16-14-25(21-33)18-23-9-4-3-5-10-23/h3-13,19,25,29H,14-18,20-21H2,1-2H3,(H,32,34)(H,35,36). The lowest BCUT2D eigenvalue weighted by molar-refractivity contribution is -0.139. The number of amides is 1. The highest BCUT2D eigenvalue weighted by molar-refractivity contribution is 7.98. The average molecular weight is 517 g/mol. The van der Waals surface area contributed by atoms with E-state index in [2.05, 4.69) is 46.6 Å². The molecule has 1 amide bonds. The molecule has 5 nitrogen and oxygen atoms in total. The van der Waals surface area contributed by atoms with E-state index in [0.29, 0.717) is 23.7 Å². The van der Waals surface area contributed by atoms with E-state index in [-0.39, 0.29) is 5.91 Å². The van der Waals surface area contributed by atoms with Crippen LogP contribution < -0.4 is 5.32 Å². The molecule has 2 N–H and O–H groups in total. The predicted molar refractivity (Wildman–Crippen MR) is 152 cm³/mol. The topological polar surface area (TPSA) is 69.6 Å². The highest BCUT2D eigenvalue weighted by atomic mass is 32.2. The quantitative estimate of drug-likeness (QED) is 0.344. The maximum atomic E-state index is 13.3. The third-order valence-corrected chi connectivity index (χ3v) is 7.77. The minimum atomic E-state index is -1.00. The van der Waals surface area contributed by atoms with Crippen molar-refractivity contribution in [2.24, 2.45) is 5.92 Å². The number of carboxylic acids is 1. The number of carbonyl (C=O) groups excluding carboxylic acids is 1. The number of benzene rings is 3. The summed E-state index contributed by atoms with van der Waals surface area (Å²) in [7, 11) is 0. The van der Waals surface area contributed by atoms with E-state index in [4.69, 9.17) is 0 Å². The number of likely N-dealkylation sites (tertiary alicyclic amines) is 1. The second-order valence-corrected chi connectivity index (χ2v) is 10.9. The first-order valence-corrected chi connectivity index (χ1v) is 14.3. The van der Waals surface area contributed by atoms with Gasteiger partial charge in [0, 0.05) is 18.7 Å². The molecule has 0 spiro atoms. The number of hydrogen-bond acceptors (Lipinski definition) is 4. The smallest absolute Gasteiger partial charge is 0.326 e. The van der Waals surface area contributed by atoms with Gasteiger partial charge in [0.25, 0.3) is 5.91 Å². The molecule has 1 saturated heterocycles. The molecule has 3 aromatic rings. The molecule has 2 atom stereocenters. The van der Waals surface area contributed by atoms with Crippen LogP contribution in [0.25, 0.3) is 11.1 Å². The number of aryl methyl sites for hydroxylation is 1. The molecule has 1 heterocycles. The van der Waals surface area contributed by atoms with Gasteiger partial charge in [-0.1, -0.05) is 60.7 Å². The highest BCUT2D eigenvalue weighted by Crippen LogP contribution is 2.30. The molecule has 6 heteroatoms. The Balaban J connectivity index is 1.53. The second kappa shape index (κ2) is 12.9. The Labute approximate surface area is 224 Å². The van der Waals surface area contributed by atoms with Gasteiger partial charge in [-0.15, -0.1) is 0 Å². The lowest BCUT2D eigenvalue weighted by Crippen LogP contribution is -2.41. The summed E-state index contributed by atoms with van der Waals surface area (Å²) in [5.74, 6) is -0.0300. The highest BCUT2D eigenvalue weighted by Gasteiger charge is 2.25. The van der Waals surface area contributed by atoms with E-state index in [1.54, 1.807) is 11.8 Å². The van der Waals surface area contributed by atoms with Crippen LogP contribution in [-0.2, 0) is 17.8 Å². The first-order valence-electron chi connectivity index (χ1n) is 12.9. The Morgan fingerprint density at radius 3 is 2.51 bits per heavy atom. The van der Waals surface area contributed by atoms with E-state index in [0.717, 1.165) is 48.3 Å². The Morgan fingerprint density at radius 2 is 1.78 bits per heavy atom. The molecule has 194 valence electrons. The third-order valence-electron chi connectivity index (χ3n) is 7.12. The van der Waals surface area contributed by atoms with Crippen LogP contribution in [0.4, 0.5) is 0 Å². The van der Waals surface area contributed by atoms with Gasteiger partial charge in [0.1, 0.15) is 6.04 Å². The zero-order chi connectivity index (χ0) is 26.2. The van der Waals surface area contributed by atoms with Gasteiger partial charge in [-0.2, -0.15) is 11.8 Å². The molecule has 37 heavy (non-hydrogen) atoms. The fourth-order valence-corrected chi connectivity index (χ4v) is 5.61. The summed E-state index contributed by atoms with van der Waals surface area (Å²) in [5, 5.41) is 12.4. The van der Waals surface area contributed by atoms with Crippen LogP contribution in [0.1, 0.15) is 39.9 Å². The first kappa shape index (κ1) is 27.0.